The number of unbranched alkanes of at least 4 members (excludes halogenated alkanes) is 1. The van der Waals surface area contributed by atoms with Gasteiger partial charge in [-0.1, -0.05) is 38.0 Å². The Morgan fingerprint density at radius 2 is 1.94 bits per heavy atom. The van der Waals surface area contributed by atoms with Gasteiger partial charge in [0.15, 0.2) is 0 Å². The van der Waals surface area contributed by atoms with Crippen LogP contribution >= 0.6 is 11.3 Å². The predicted molar refractivity (Wildman–Crippen MR) is 144 cm³/mol. The van der Waals surface area contributed by atoms with Crippen LogP contribution < -0.4 is 10.6 Å². The molecule has 1 aliphatic rings. The molecular formula is C28H33FN4OS. The van der Waals surface area contributed by atoms with Crippen LogP contribution in [0.5, 0.6) is 0 Å². The van der Waals surface area contributed by atoms with Gasteiger partial charge in [-0.15, -0.1) is 11.3 Å². The molecule has 184 valence electrons. The van der Waals surface area contributed by atoms with Crippen molar-refractivity contribution in [1.82, 2.24) is 9.88 Å². The molecule has 2 aromatic carbocycles. The van der Waals surface area contributed by atoms with E-state index in [2.05, 4.69) is 47.1 Å². The number of thiophene rings is 1. The van der Waals surface area contributed by atoms with Crippen LogP contribution in [0.25, 0.3) is 21.0 Å². The lowest BCUT2D eigenvalue weighted by Crippen LogP contribution is -2.44. The largest absolute Gasteiger partial charge is 0.367 e. The number of H-pyrrole nitrogens is 1. The number of carbonyl (C=O) groups is 1. The highest BCUT2D eigenvalue weighted by Crippen LogP contribution is 2.42. The molecule has 0 spiro atoms. The van der Waals surface area contributed by atoms with Crippen LogP contribution in [0.3, 0.4) is 0 Å². The zero-order chi connectivity index (χ0) is 24.5. The average Bonchev–Trinajstić information content (AvgIpc) is 3.43. The van der Waals surface area contributed by atoms with Crippen molar-refractivity contribution in [2.24, 2.45) is 5.73 Å². The van der Waals surface area contributed by atoms with Gasteiger partial charge >= 0.3 is 0 Å². The molecule has 1 fully saturated rings. The summed E-state index contributed by atoms with van der Waals surface area (Å²) in [6, 6.07) is 11.8. The number of hydrogen-bond acceptors (Lipinski definition) is 4. The normalized spacial score (nSPS) is 15.8. The molecule has 35 heavy (non-hydrogen) atoms. The van der Waals surface area contributed by atoms with Crippen molar-refractivity contribution in [2.45, 2.75) is 38.5 Å². The second-order valence-electron chi connectivity index (χ2n) is 9.70. The second kappa shape index (κ2) is 9.99. The second-order valence-corrected chi connectivity index (χ2v) is 10.8. The summed E-state index contributed by atoms with van der Waals surface area (Å²) in [4.78, 5) is 20.9. The number of hydrogen-bond donors (Lipinski definition) is 2. The smallest absolute Gasteiger partial charge is 0.259 e. The zero-order valence-corrected chi connectivity index (χ0v) is 21.3. The SMILES string of the molecule is CCCCC(Cc1c[nH]c2ccccc12)c1c(C(N)=O)sc2cc(N3CCN(C)CC3)c(F)cc12. The van der Waals surface area contributed by atoms with E-state index in [1.54, 1.807) is 6.07 Å². The summed E-state index contributed by atoms with van der Waals surface area (Å²) < 4.78 is 16.5. The van der Waals surface area contributed by atoms with Gasteiger partial charge in [0.1, 0.15) is 5.82 Å². The number of nitrogens with two attached hydrogens (primary N) is 1. The van der Waals surface area contributed by atoms with Gasteiger partial charge in [0.2, 0.25) is 0 Å². The molecule has 1 amide bonds. The van der Waals surface area contributed by atoms with E-state index in [9.17, 15) is 4.79 Å². The molecule has 2 aromatic heterocycles. The molecule has 1 saturated heterocycles. The van der Waals surface area contributed by atoms with E-state index < -0.39 is 5.91 Å². The number of amides is 1. The maximum absolute atomic E-state index is 15.5. The molecule has 3 heterocycles. The van der Waals surface area contributed by atoms with Crippen molar-refractivity contribution in [3.8, 4) is 0 Å². The number of piperazine rings is 1. The maximum atomic E-state index is 15.5. The standard InChI is InChI=1S/C28H33FN4OS/c1-3-4-7-18(14-19-17-31-23-9-6-5-8-20(19)23)26-21-15-22(29)24(33-12-10-32(2)11-13-33)16-25(21)35-27(26)28(30)34/h5-6,8-9,15-18,31H,3-4,7,10-14H2,1-2H3,(H2,30,34). The van der Waals surface area contributed by atoms with Crippen LogP contribution in [-0.4, -0.2) is 49.0 Å². The molecule has 0 radical (unpaired) electrons. The van der Waals surface area contributed by atoms with Crippen LogP contribution in [0.4, 0.5) is 10.1 Å². The van der Waals surface area contributed by atoms with Crippen LogP contribution in [0.1, 0.15) is 52.9 Å². The summed E-state index contributed by atoms with van der Waals surface area (Å²) >= 11 is 1.41. The summed E-state index contributed by atoms with van der Waals surface area (Å²) in [5.74, 6) is -0.569. The van der Waals surface area contributed by atoms with Gasteiger partial charge in [-0.3, -0.25) is 4.79 Å². The Balaban J connectivity index is 1.59. The van der Waals surface area contributed by atoms with Crippen molar-refractivity contribution in [1.29, 1.82) is 0 Å². The Morgan fingerprint density at radius 1 is 1.17 bits per heavy atom. The quantitative estimate of drug-likeness (QED) is 0.322. The van der Waals surface area contributed by atoms with Crippen molar-refractivity contribution >= 4 is 43.9 Å². The number of para-hydroxylation sites is 1. The first kappa shape index (κ1) is 23.8. The Bertz CT molecular complexity index is 1350. The highest BCUT2D eigenvalue weighted by Gasteiger charge is 2.27. The molecular weight excluding hydrogens is 459 g/mol. The average molecular weight is 493 g/mol. The van der Waals surface area contributed by atoms with Crippen LogP contribution in [-0.2, 0) is 6.42 Å². The van der Waals surface area contributed by atoms with Crippen molar-refractivity contribution in [3.05, 3.63) is 64.4 Å². The summed E-state index contributed by atoms with van der Waals surface area (Å²) in [7, 11) is 2.09. The number of rotatable bonds is 8. The molecule has 0 saturated carbocycles. The van der Waals surface area contributed by atoms with Crippen LogP contribution in [0.2, 0.25) is 0 Å². The summed E-state index contributed by atoms with van der Waals surface area (Å²) in [5, 5.41) is 2.03. The highest BCUT2D eigenvalue weighted by atomic mass is 32.1. The third kappa shape index (κ3) is 4.67. The van der Waals surface area contributed by atoms with Gasteiger partial charge in [-0.05, 0) is 60.5 Å². The van der Waals surface area contributed by atoms with Crippen LogP contribution in [0, 0.1) is 5.82 Å². The third-order valence-electron chi connectivity index (χ3n) is 7.32. The van der Waals surface area contributed by atoms with E-state index in [4.69, 9.17) is 5.73 Å². The number of carbonyl (C=O) groups excluding carboxylic acids is 1. The number of anilines is 1. The molecule has 1 atom stereocenters. The fourth-order valence-corrected chi connectivity index (χ4v) is 6.52. The van der Waals surface area contributed by atoms with E-state index in [0.717, 1.165) is 73.0 Å². The number of primary amides is 1. The van der Waals surface area contributed by atoms with Gasteiger partial charge < -0.3 is 20.5 Å². The van der Waals surface area contributed by atoms with E-state index in [1.807, 2.05) is 18.2 Å². The molecule has 1 unspecified atom stereocenters. The lowest BCUT2D eigenvalue weighted by molar-refractivity contribution is 0.100. The molecule has 0 aliphatic carbocycles. The van der Waals surface area contributed by atoms with Gasteiger partial charge in [-0.2, -0.15) is 0 Å². The molecule has 4 aromatic rings. The topological polar surface area (TPSA) is 65.4 Å². The monoisotopic (exact) mass is 492 g/mol. The number of nitrogens with zero attached hydrogens (tertiary/aromatic N) is 2. The zero-order valence-electron chi connectivity index (χ0n) is 20.4. The summed E-state index contributed by atoms with van der Waals surface area (Å²) in [5.41, 5.74) is 9.75. The fourth-order valence-electron chi connectivity index (χ4n) is 5.37. The molecule has 3 N–H and O–H groups in total. The molecule has 0 bridgehead atoms. The van der Waals surface area contributed by atoms with E-state index in [0.29, 0.717) is 10.6 Å². The minimum absolute atomic E-state index is 0.0827. The lowest BCUT2D eigenvalue weighted by Gasteiger charge is -2.34. The Kier molecular flexibility index (Phi) is 6.80. The van der Waals surface area contributed by atoms with E-state index >= 15 is 4.39 Å². The highest BCUT2D eigenvalue weighted by molar-refractivity contribution is 7.21. The van der Waals surface area contributed by atoms with Gasteiger partial charge in [0.25, 0.3) is 5.91 Å². The predicted octanol–water partition coefficient (Wildman–Crippen LogP) is 5.89. The number of fused-ring (bicyclic) bond motifs is 2. The van der Waals surface area contributed by atoms with Crippen molar-refractivity contribution in [3.63, 3.8) is 0 Å². The first-order valence-electron chi connectivity index (χ1n) is 12.5. The molecule has 5 nitrogen and oxygen atoms in total. The van der Waals surface area contributed by atoms with Gasteiger partial charge in [0, 0.05) is 48.0 Å². The molecule has 1 aliphatic heterocycles. The van der Waals surface area contributed by atoms with Crippen LogP contribution in [0.15, 0.2) is 42.6 Å². The summed E-state index contributed by atoms with van der Waals surface area (Å²) in [6.45, 7) is 5.57. The third-order valence-corrected chi connectivity index (χ3v) is 8.50. The maximum Gasteiger partial charge on any atom is 0.259 e. The van der Waals surface area contributed by atoms with E-state index in [-0.39, 0.29) is 11.7 Å². The molecule has 7 heteroatoms. The first-order chi connectivity index (χ1) is 17.0. The van der Waals surface area contributed by atoms with Crippen molar-refractivity contribution in [2.75, 3.05) is 38.1 Å². The number of likely N-dealkylation sites (N-methyl/N-ethyl adjacent to an activating group) is 1. The van der Waals surface area contributed by atoms with Gasteiger partial charge in [0.05, 0.1) is 10.6 Å². The minimum atomic E-state index is -0.428. The molecule has 5 rings (SSSR count). The summed E-state index contributed by atoms with van der Waals surface area (Å²) in [6.07, 6.45) is 5.85. The number of aromatic amines is 1. The minimum Gasteiger partial charge on any atom is -0.367 e. The number of aromatic nitrogens is 1. The Labute approximate surface area is 209 Å². The van der Waals surface area contributed by atoms with E-state index in [1.165, 1.54) is 22.3 Å². The Hall–Kier alpha value is -2.90. The number of halogens is 1. The van der Waals surface area contributed by atoms with Crippen molar-refractivity contribution < 1.29 is 9.18 Å². The number of nitrogens with one attached hydrogen (secondary N) is 1. The fraction of sp³-hybridized carbons (Fsp3) is 0.393. The first-order valence-corrected chi connectivity index (χ1v) is 13.3. The Morgan fingerprint density at radius 3 is 2.69 bits per heavy atom. The number of benzene rings is 2. The lowest BCUT2D eigenvalue weighted by atomic mass is 9.85. The van der Waals surface area contributed by atoms with Gasteiger partial charge in [-0.25, -0.2) is 4.39 Å².